The molecule has 0 saturated carbocycles. The first-order chi connectivity index (χ1) is 5.43. The van der Waals surface area contributed by atoms with Crippen molar-refractivity contribution in [2.45, 2.75) is 19.8 Å². The van der Waals surface area contributed by atoms with Crippen molar-refractivity contribution in [1.29, 1.82) is 0 Å². The molecule has 0 aromatic carbocycles. The van der Waals surface area contributed by atoms with E-state index in [0.29, 0.717) is 5.92 Å². The third-order valence-electron chi connectivity index (χ3n) is 1.82. The van der Waals surface area contributed by atoms with E-state index in [2.05, 4.69) is 0 Å². The molecule has 1 fully saturated rings. The lowest BCUT2D eigenvalue weighted by Gasteiger charge is -2.20. The van der Waals surface area contributed by atoms with E-state index in [4.69, 9.17) is 9.47 Å². The van der Waals surface area contributed by atoms with Crippen molar-refractivity contribution in [3.05, 3.63) is 12.3 Å². The van der Waals surface area contributed by atoms with Crippen LogP contribution < -0.4 is 0 Å². The van der Waals surface area contributed by atoms with Crippen molar-refractivity contribution in [1.82, 2.24) is 0 Å². The molecule has 1 unspecified atom stereocenters. The van der Waals surface area contributed by atoms with E-state index < -0.39 is 0 Å². The number of hydrogen-bond donors (Lipinski definition) is 0. The zero-order valence-electron chi connectivity index (χ0n) is 7.08. The summed E-state index contributed by atoms with van der Waals surface area (Å²) in [6.45, 7) is 4.57. The third kappa shape index (κ3) is 3.42. The largest absolute Gasteiger partial charge is 0.501 e. The molecule has 0 spiro atoms. The Bertz CT molecular complexity index is 115. The monoisotopic (exact) mass is 156 g/mol. The molecule has 2 nitrogen and oxygen atoms in total. The van der Waals surface area contributed by atoms with Crippen LogP contribution in [-0.4, -0.2) is 19.8 Å². The highest BCUT2D eigenvalue weighted by Crippen LogP contribution is 2.13. The lowest BCUT2D eigenvalue weighted by atomic mass is 10.0. The number of allylic oxidation sites excluding steroid dienone is 1. The van der Waals surface area contributed by atoms with E-state index in [1.807, 2.05) is 13.0 Å². The zero-order valence-corrected chi connectivity index (χ0v) is 7.08. The maximum Gasteiger partial charge on any atom is 0.0923 e. The molecule has 1 saturated heterocycles. The second-order valence-corrected chi connectivity index (χ2v) is 2.89. The van der Waals surface area contributed by atoms with Gasteiger partial charge in [-0.15, -0.1) is 0 Å². The Labute approximate surface area is 68.2 Å². The van der Waals surface area contributed by atoms with E-state index in [9.17, 15) is 0 Å². The predicted octanol–water partition coefficient (Wildman–Crippen LogP) is 1.96. The Kier molecular flexibility index (Phi) is 4.06. The van der Waals surface area contributed by atoms with E-state index in [1.165, 1.54) is 12.8 Å². The van der Waals surface area contributed by atoms with Gasteiger partial charge in [-0.3, -0.25) is 0 Å². The molecule has 11 heavy (non-hydrogen) atoms. The van der Waals surface area contributed by atoms with Crippen LogP contribution in [0.1, 0.15) is 19.8 Å². The Balaban J connectivity index is 2.04. The summed E-state index contributed by atoms with van der Waals surface area (Å²) >= 11 is 0. The van der Waals surface area contributed by atoms with Crippen LogP contribution in [-0.2, 0) is 9.47 Å². The SMILES string of the molecule is C/C=C/OCC1CCCOC1. The fraction of sp³-hybridized carbons (Fsp3) is 0.778. The average molecular weight is 156 g/mol. The molecule has 64 valence electrons. The van der Waals surface area contributed by atoms with E-state index in [1.54, 1.807) is 6.26 Å². The molecule has 0 aliphatic carbocycles. The molecule has 1 rings (SSSR count). The quantitative estimate of drug-likeness (QED) is 0.581. The minimum Gasteiger partial charge on any atom is -0.501 e. The summed E-state index contributed by atoms with van der Waals surface area (Å²) in [5.74, 6) is 0.611. The average Bonchev–Trinajstić information content (AvgIpc) is 2.07. The van der Waals surface area contributed by atoms with Gasteiger partial charge in [-0.1, -0.05) is 6.08 Å². The van der Waals surface area contributed by atoms with Crippen LogP contribution in [0.15, 0.2) is 12.3 Å². The van der Waals surface area contributed by atoms with Gasteiger partial charge >= 0.3 is 0 Å². The molecule has 0 aromatic heterocycles. The lowest BCUT2D eigenvalue weighted by molar-refractivity contribution is 0.0267. The lowest BCUT2D eigenvalue weighted by Crippen LogP contribution is -2.20. The molecular weight excluding hydrogens is 140 g/mol. The Morgan fingerprint density at radius 1 is 1.64 bits per heavy atom. The molecule has 1 heterocycles. The molecule has 0 N–H and O–H groups in total. The van der Waals surface area contributed by atoms with Gasteiger partial charge in [-0.2, -0.15) is 0 Å². The van der Waals surface area contributed by atoms with Crippen molar-refractivity contribution in [3.8, 4) is 0 Å². The summed E-state index contributed by atoms with van der Waals surface area (Å²) in [6.07, 6.45) is 6.08. The maximum absolute atomic E-state index is 5.31. The van der Waals surface area contributed by atoms with Crippen LogP contribution in [0, 0.1) is 5.92 Å². The molecule has 0 radical (unpaired) electrons. The summed E-state index contributed by atoms with van der Waals surface area (Å²) in [5.41, 5.74) is 0. The van der Waals surface area contributed by atoms with Crippen LogP contribution in [0.5, 0.6) is 0 Å². The summed E-state index contributed by atoms with van der Waals surface area (Å²) in [4.78, 5) is 0. The number of rotatable bonds is 3. The molecular formula is C9H16O2. The summed E-state index contributed by atoms with van der Waals surface area (Å²) < 4.78 is 10.6. The Hall–Kier alpha value is -0.500. The van der Waals surface area contributed by atoms with Crippen LogP contribution >= 0.6 is 0 Å². The van der Waals surface area contributed by atoms with E-state index in [-0.39, 0.29) is 0 Å². The maximum atomic E-state index is 5.31. The normalized spacial score (nSPS) is 25.7. The third-order valence-corrected chi connectivity index (χ3v) is 1.82. The highest BCUT2D eigenvalue weighted by atomic mass is 16.5. The van der Waals surface area contributed by atoms with Gasteiger partial charge in [0.25, 0.3) is 0 Å². The van der Waals surface area contributed by atoms with Crippen molar-refractivity contribution in [2.24, 2.45) is 5.92 Å². The summed E-state index contributed by atoms with van der Waals surface area (Å²) in [7, 11) is 0. The van der Waals surface area contributed by atoms with E-state index >= 15 is 0 Å². The van der Waals surface area contributed by atoms with Gasteiger partial charge in [0, 0.05) is 12.5 Å². The molecule has 0 aromatic rings. The van der Waals surface area contributed by atoms with Gasteiger partial charge in [0.15, 0.2) is 0 Å². The summed E-state index contributed by atoms with van der Waals surface area (Å²) in [5, 5.41) is 0. The van der Waals surface area contributed by atoms with Gasteiger partial charge in [-0.05, 0) is 19.8 Å². The number of hydrogen-bond acceptors (Lipinski definition) is 2. The Morgan fingerprint density at radius 3 is 3.18 bits per heavy atom. The molecule has 1 atom stereocenters. The second-order valence-electron chi connectivity index (χ2n) is 2.89. The molecule has 0 bridgehead atoms. The van der Waals surface area contributed by atoms with Gasteiger partial charge in [0.05, 0.1) is 19.5 Å². The van der Waals surface area contributed by atoms with Gasteiger partial charge < -0.3 is 9.47 Å². The van der Waals surface area contributed by atoms with Gasteiger partial charge in [0.1, 0.15) is 0 Å². The summed E-state index contributed by atoms with van der Waals surface area (Å²) in [6, 6.07) is 0. The fourth-order valence-corrected chi connectivity index (χ4v) is 1.23. The topological polar surface area (TPSA) is 18.5 Å². The Morgan fingerprint density at radius 2 is 2.55 bits per heavy atom. The standard InChI is InChI=1S/C9H16O2/c1-2-5-10-7-9-4-3-6-11-8-9/h2,5,9H,3-4,6-8H2,1H3/b5-2+. The van der Waals surface area contributed by atoms with Crippen molar-refractivity contribution >= 4 is 0 Å². The molecule has 1 aliphatic heterocycles. The molecule has 1 aliphatic rings. The minimum absolute atomic E-state index is 0.611. The first kappa shape index (κ1) is 8.60. The first-order valence-electron chi connectivity index (χ1n) is 4.24. The van der Waals surface area contributed by atoms with Gasteiger partial charge in [0.2, 0.25) is 0 Å². The smallest absolute Gasteiger partial charge is 0.0923 e. The molecule has 0 amide bonds. The first-order valence-corrected chi connectivity index (χ1v) is 4.24. The predicted molar refractivity (Wildman–Crippen MR) is 44.3 cm³/mol. The minimum atomic E-state index is 0.611. The van der Waals surface area contributed by atoms with E-state index in [0.717, 1.165) is 19.8 Å². The van der Waals surface area contributed by atoms with Crippen LogP contribution in [0.4, 0.5) is 0 Å². The highest BCUT2D eigenvalue weighted by molar-refractivity contribution is 4.68. The zero-order chi connectivity index (χ0) is 7.94. The van der Waals surface area contributed by atoms with Crippen LogP contribution in [0.25, 0.3) is 0 Å². The second kappa shape index (κ2) is 5.19. The van der Waals surface area contributed by atoms with Crippen molar-refractivity contribution < 1.29 is 9.47 Å². The van der Waals surface area contributed by atoms with Crippen LogP contribution in [0.3, 0.4) is 0 Å². The number of ether oxygens (including phenoxy) is 2. The highest BCUT2D eigenvalue weighted by Gasteiger charge is 2.13. The van der Waals surface area contributed by atoms with Crippen molar-refractivity contribution in [3.63, 3.8) is 0 Å². The van der Waals surface area contributed by atoms with Crippen molar-refractivity contribution in [2.75, 3.05) is 19.8 Å². The molecule has 2 heteroatoms. The fourth-order valence-electron chi connectivity index (χ4n) is 1.23. The van der Waals surface area contributed by atoms with Gasteiger partial charge in [-0.25, -0.2) is 0 Å². The van der Waals surface area contributed by atoms with Crippen LogP contribution in [0.2, 0.25) is 0 Å².